The van der Waals surface area contributed by atoms with E-state index >= 15 is 0 Å². The Morgan fingerprint density at radius 2 is 1.83 bits per heavy atom. The number of fused-ring (bicyclic) bond motifs is 1. The van der Waals surface area contributed by atoms with Crippen LogP contribution in [0.5, 0.6) is 0 Å². The lowest BCUT2D eigenvalue weighted by atomic mass is 10.0. The van der Waals surface area contributed by atoms with Crippen LogP contribution in [0.4, 0.5) is 0 Å². The molecule has 2 rings (SSSR count). The van der Waals surface area contributed by atoms with Gasteiger partial charge in [-0.3, -0.25) is 0 Å². The Labute approximate surface area is 73.6 Å². The average molecular weight is 164 g/mol. The summed E-state index contributed by atoms with van der Waals surface area (Å²) in [7, 11) is 0. The maximum Gasteiger partial charge on any atom is 0.0208 e. The summed E-state index contributed by atoms with van der Waals surface area (Å²) >= 11 is 0. The number of aryl methyl sites for hydroxylation is 1. The van der Waals surface area contributed by atoms with Gasteiger partial charge < -0.3 is 11.5 Å². The summed E-state index contributed by atoms with van der Waals surface area (Å²) < 4.78 is 0. The van der Waals surface area contributed by atoms with Crippen LogP contribution in [-0.4, -0.2) is 6.54 Å². The molecule has 0 fully saturated rings. The zero-order valence-corrected chi connectivity index (χ0v) is 7.34. The van der Waals surface area contributed by atoms with Gasteiger partial charge >= 0.3 is 0 Å². The third-order valence-electron chi connectivity index (χ3n) is 2.23. The van der Waals surface area contributed by atoms with Crippen LogP contribution in [0.2, 0.25) is 0 Å². The van der Waals surface area contributed by atoms with Gasteiger partial charge in [0.05, 0.1) is 0 Å². The molecular weight excluding hydrogens is 148 g/mol. The zero-order valence-electron chi connectivity index (χ0n) is 7.34. The molecule has 0 atom stereocenters. The van der Waals surface area contributed by atoms with Crippen molar-refractivity contribution in [2.24, 2.45) is 0 Å². The number of rotatable bonds is 0. The molecule has 4 N–H and O–H groups in total. The molecule has 2 nitrogen and oxygen atoms in total. The van der Waals surface area contributed by atoms with Gasteiger partial charge in [0.15, 0.2) is 0 Å². The lowest BCUT2D eigenvalue weighted by Gasteiger charge is -2.02. The summed E-state index contributed by atoms with van der Waals surface area (Å²) in [6, 6.07) is 8.70. The first-order chi connectivity index (χ1) is 5.47. The fourth-order valence-electron chi connectivity index (χ4n) is 1.60. The summed E-state index contributed by atoms with van der Waals surface area (Å²) in [5.41, 5.74) is 3.00. The Balaban J connectivity index is 0.000000720. The van der Waals surface area contributed by atoms with E-state index in [1.54, 1.807) is 0 Å². The van der Waals surface area contributed by atoms with Crippen LogP contribution in [0.15, 0.2) is 24.3 Å². The molecule has 12 heavy (non-hydrogen) atoms. The van der Waals surface area contributed by atoms with Crippen molar-refractivity contribution in [3.05, 3.63) is 35.4 Å². The molecule has 1 aromatic rings. The second-order valence-electron chi connectivity index (χ2n) is 3.05. The predicted molar refractivity (Wildman–Crippen MR) is 51.5 cm³/mol. The molecule has 0 unspecified atom stereocenters. The Morgan fingerprint density at radius 1 is 1.08 bits per heavy atom. The van der Waals surface area contributed by atoms with Crippen molar-refractivity contribution >= 4 is 0 Å². The third kappa shape index (κ3) is 1.84. The van der Waals surface area contributed by atoms with Crippen molar-refractivity contribution in [3.8, 4) is 0 Å². The van der Waals surface area contributed by atoms with E-state index < -0.39 is 0 Å². The van der Waals surface area contributed by atoms with E-state index in [4.69, 9.17) is 0 Å². The molecule has 0 bridgehead atoms. The summed E-state index contributed by atoms with van der Waals surface area (Å²) in [5, 5.41) is 3.40. The smallest absolute Gasteiger partial charge is 0.0208 e. The first-order valence-corrected chi connectivity index (χ1v) is 4.24. The van der Waals surface area contributed by atoms with Crippen molar-refractivity contribution in [3.63, 3.8) is 0 Å². The van der Waals surface area contributed by atoms with Gasteiger partial charge in [-0.25, -0.2) is 0 Å². The summed E-state index contributed by atoms with van der Waals surface area (Å²) in [6.07, 6.45) is 2.51. The van der Waals surface area contributed by atoms with Gasteiger partial charge in [0.1, 0.15) is 0 Å². The van der Waals surface area contributed by atoms with Gasteiger partial charge in [0.2, 0.25) is 0 Å². The van der Waals surface area contributed by atoms with E-state index in [2.05, 4.69) is 29.6 Å². The molecule has 2 heteroatoms. The molecule has 66 valence electrons. The fraction of sp³-hybridized carbons (Fsp3) is 0.400. The molecule has 1 heterocycles. The normalized spacial score (nSPS) is 15.7. The maximum absolute atomic E-state index is 3.40. The standard InChI is InChI=1S/C10H13N.H3N/c1-2-5-10-8-11-7-3-6-9(10)4-1;/h1-2,4-5,11H,3,6-8H2;1H3. The van der Waals surface area contributed by atoms with Gasteiger partial charge in [-0.05, 0) is 30.5 Å². The summed E-state index contributed by atoms with van der Waals surface area (Å²) in [6.45, 7) is 2.21. The minimum atomic E-state index is 0. The molecule has 0 radical (unpaired) electrons. The Hall–Kier alpha value is -0.860. The van der Waals surface area contributed by atoms with Crippen LogP contribution < -0.4 is 11.5 Å². The average Bonchev–Trinajstić information content (AvgIpc) is 2.28. The predicted octanol–water partition coefficient (Wildman–Crippen LogP) is 1.88. The highest BCUT2D eigenvalue weighted by atomic mass is 14.8. The van der Waals surface area contributed by atoms with Gasteiger partial charge in [0.25, 0.3) is 0 Å². The van der Waals surface area contributed by atoms with E-state index in [1.807, 2.05) is 0 Å². The van der Waals surface area contributed by atoms with Crippen molar-refractivity contribution in [2.45, 2.75) is 19.4 Å². The van der Waals surface area contributed by atoms with Gasteiger partial charge in [-0.2, -0.15) is 0 Å². The lowest BCUT2D eigenvalue weighted by Crippen LogP contribution is -2.11. The molecule has 1 aliphatic heterocycles. The largest absolute Gasteiger partial charge is 0.344 e. The summed E-state index contributed by atoms with van der Waals surface area (Å²) in [4.78, 5) is 0. The van der Waals surface area contributed by atoms with Crippen LogP contribution in [0, 0.1) is 0 Å². The van der Waals surface area contributed by atoms with Crippen LogP contribution in [0.25, 0.3) is 0 Å². The molecule has 0 saturated heterocycles. The van der Waals surface area contributed by atoms with Crippen molar-refractivity contribution in [2.75, 3.05) is 6.54 Å². The number of benzene rings is 1. The van der Waals surface area contributed by atoms with E-state index in [9.17, 15) is 0 Å². The highest BCUT2D eigenvalue weighted by molar-refractivity contribution is 5.27. The van der Waals surface area contributed by atoms with Crippen molar-refractivity contribution in [1.29, 1.82) is 0 Å². The molecule has 0 amide bonds. The number of hydrogen-bond acceptors (Lipinski definition) is 2. The van der Waals surface area contributed by atoms with Gasteiger partial charge in [0, 0.05) is 6.54 Å². The quantitative estimate of drug-likeness (QED) is 0.615. The van der Waals surface area contributed by atoms with Crippen LogP contribution in [0.1, 0.15) is 17.5 Å². The van der Waals surface area contributed by atoms with Crippen LogP contribution >= 0.6 is 0 Å². The zero-order chi connectivity index (χ0) is 7.52. The van der Waals surface area contributed by atoms with Gasteiger partial charge in [-0.15, -0.1) is 0 Å². The van der Waals surface area contributed by atoms with Crippen molar-refractivity contribution in [1.82, 2.24) is 11.5 Å². The molecule has 0 aromatic heterocycles. The molecule has 1 aromatic carbocycles. The van der Waals surface area contributed by atoms with E-state index in [-0.39, 0.29) is 6.15 Å². The van der Waals surface area contributed by atoms with E-state index in [0.717, 1.165) is 13.1 Å². The first kappa shape index (κ1) is 9.23. The SMILES string of the molecule is N.c1ccc2c(c1)CCCNC2. The topological polar surface area (TPSA) is 47.0 Å². The number of nitrogens with one attached hydrogen (secondary N) is 1. The third-order valence-corrected chi connectivity index (χ3v) is 2.23. The van der Waals surface area contributed by atoms with Crippen LogP contribution in [0.3, 0.4) is 0 Å². The molecule has 0 aliphatic carbocycles. The Kier molecular flexibility index (Phi) is 3.26. The lowest BCUT2D eigenvalue weighted by molar-refractivity contribution is 0.681. The van der Waals surface area contributed by atoms with Crippen LogP contribution in [-0.2, 0) is 13.0 Å². The molecular formula is C10H16N2. The second-order valence-corrected chi connectivity index (χ2v) is 3.05. The molecule has 0 spiro atoms. The first-order valence-electron chi connectivity index (χ1n) is 4.24. The Bertz CT molecular complexity index is 220. The number of hydrogen-bond donors (Lipinski definition) is 2. The van der Waals surface area contributed by atoms with Gasteiger partial charge in [-0.1, -0.05) is 24.3 Å². The summed E-state index contributed by atoms with van der Waals surface area (Å²) in [5.74, 6) is 0. The van der Waals surface area contributed by atoms with E-state index in [1.165, 1.54) is 24.0 Å². The molecule has 0 saturated carbocycles. The minimum absolute atomic E-state index is 0. The fourth-order valence-corrected chi connectivity index (χ4v) is 1.60. The Morgan fingerprint density at radius 3 is 2.67 bits per heavy atom. The van der Waals surface area contributed by atoms with Crippen molar-refractivity contribution < 1.29 is 0 Å². The highest BCUT2D eigenvalue weighted by Crippen LogP contribution is 2.12. The second kappa shape index (κ2) is 4.24. The highest BCUT2D eigenvalue weighted by Gasteiger charge is 2.04. The minimum Gasteiger partial charge on any atom is -0.344 e. The monoisotopic (exact) mass is 164 g/mol. The maximum atomic E-state index is 3.40. The van der Waals surface area contributed by atoms with E-state index in [0.29, 0.717) is 0 Å². The molecule has 1 aliphatic rings.